The zero-order chi connectivity index (χ0) is 17.5. The predicted octanol–water partition coefficient (Wildman–Crippen LogP) is 3.09. The molecule has 6 heteroatoms. The minimum absolute atomic E-state index is 0.0400. The zero-order valence-corrected chi connectivity index (χ0v) is 14.2. The molecule has 3 unspecified atom stereocenters. The second kappa shape index (κ2) is 8.49. The third kappa shape index (κ3) is 5.09. The van der Waals surface area contributed by atoms with E-state index < -0.39 is 6.10 Å². The summed E-state index contributed by atoms with van der Waals surface area (Å²) in [6.07, 6.45) is 3.57. The first-order valence-electron chi connectivity index (χ1n) is 8.14. The summed E-state index contributed by atoms with van der Waals surface area (Å²) in [5.74, 6) is 0.690. The molecule has 0 saturated carbocycles. The van der Waals surface area contributed by atoms with E-state index in [1.807, 2.05) is 20.8 Å². The Morgan fingerprint density at radius 2 is 2.21 bits per heavy atom. The minimum Gasteiger partial charge on any atom is -0.475 e. The van der Waals surface area contributed by atoms with Crippen molar-refractivity contribution in [2.24, 2.45) is 0 Å². The molecular formula is C18H24N2O4. The van der Waals surface area contributed by atoms with Crippen LogP contribution < -0.4 is 10.1 Å². The lowest BCUT2D eigenvalue weighted by Crippen LogP contribution is -2.33. The van der Waals surface area contributed by atoms with Crippen LogP contribution in [-0.2, 0) is 0 Å². The van der Waals surface area contributed by atoms with Crippen LogP contribution in [0.1, 0.15) is 55.8 Å². The summed E-state index contributed by atoms with van der Waals surface area (Å²) in [6, 6.07) is 6.47. The molecule has 2 rings (SSSR count). The number of amides is 1. The number of carbonyl (C=O) groups excluding carboxylic acids is 1. The van der Waals surface area contributed by atoms with Gasteiger partial charge in [0.2, 0.25) is 5.88 Å². The van der Waals surface area contributed by atoms with Crippen molar-refractivity contribution in [3.8, 4) is 5.88 Å². The molecule has 1 amide bonds. The molecule has 0 saturated heterocycles. The fourth-order valence-electron chi connectivity index (χ4n) is 2.20. The number of pyridine rings is 1. The van der Waals surface area contributed by atoms with Gasteiger partial charge in [-0.3, -0.25) is 4.79 Å². The van der Waals surface area contributed by atoms with Crippen LogP contribution in [-0.4, -0.2) is 28.1 Å². The van der Waals surface area contributed by atoms with E-state index in [9.17, 15) is 9.90 Å². The number of aliphatic hydroxyl groups excluding tert-OH is 1. The van der Waals surface area contributed by atoms with E-state index in [1.165, 1.54) is 6.26 Å². The predicted molar refractivity (Wildman–Crippen MR) is 89.8 cm³/mol. The Balaban J connectivity index is 1.92. The lowest BCUT2D eigenvalue weighted by molar-refractivity contribution is 0.0902. The number of ether oxygens (including phenoxy) is 1. The number of furan rings is 1. The second-order valence-electron chi connectivity index (χ2n) is 5.86. The summed E-state index contributed by atoms with van der Waals surface area (Å²) in [4.78, 5) is 16.4. The number of nitrogens with one attached hydrogen (secondary N) is 1. The Labute approximate surface area is 141 Å². The fraction of sp³-hybridized carbons (Fsp3) is 0.444. The Morgan fingerprint density at radius 1 is 1.42 bits per heavy atom. The van der Waals surface area contributed by atoms with Gasteiger partial charge in [-0.1, -0.05) is 6.92 Å². The van der Waals surface area contributed by atoms with Crippen molar-refractivity contribution in [1.82, 2.24) is 10.3 Å². The van der Waals surface area contributed by atoms with Gasteiger partial charge in [-0.2, -0.15) is 0 Å². The lowest BCUT2D eigenvalue weighted by Gasteiger charge is -2.17. The molecule has 0 aromatic carbocycles. The van der Waals surface area contributed by atoms with E-state index in [0.29, 0.717) is 23.6 Å². The van der Waals surface area contributed by atoms with Crippen molar-refractivity contribution in [2.75, 3.05) is 0 Å². The van der Waals surface area contributed by atoms with Crippen LogP contribution in [0.15, 0.2) is 41.1 Å². The van der Waals surface area contributed by atoms with Crippen LogP contribution in [0.5, 0.6) is 5.88 Å². The summed E-state index contributed by atoms with van der Waals surface area (Å²) in [7, 11) is 0. The van der Waals surface area contributed by atoms with Crippen molar-refractivity contribution in [2.45, 2.75) is 51.9 Å². The molecule has 2 N–H and O–H groups in total. The van der Waals surface area contributed by atoms with Gasteiger partial charge in [0.15, 0.2) is 0 Å². The molecule has 3 atom stereocenters. The maximum absolute atomic E-state index is 12.3. The number of hydrogen-bond donors (Lipinski definition) is 2. The molecule has 6 nitrogen and oxygen atoms in total. The van der Waals surface area contributed by atoms with Crippen LogP contribution in [0.3, 0.4) is 0 Å². The minimum atomic E-state index is -0.753. The van der Waals surface area contributed by atoms with E-state index >= 15 is 0 Å². The summed E-state index contributed by atoms with van der Waals surface area (Å²) in [5, 5.41) is 12.9. The molecule has 2 aromatic heterocycles. The first-order chi connectivity index (χ1) is 11.5. The monoisotopic (exact) mass is 332 g/mol. The third-order valence-corrected chi connectivity index (χ3v) is 3.72. The lowest BCUT2D eigenvalue weighted by atomic mass is 10.1. The largest absolute Gasteiger partial charge is 0.475 e. The van der Waals surface area contributed by atoms with Crippen molar-refractivity contribution in [1.29, 1.82) is 0 Å². The summed E-state index contributed by atoms with van der Waals surface area (Å²) in [6.45, 7) is 5.81. The van der Waals surface area contributed by atoms with E-state index in [4.69, 9.17) is 9.15 Å². The molecule has 0 aliphatic rings. The van der Waals surface area contributed by atoms with Gasteiger partial charge in [-0.05, 0) is 38.5 Å². The van der Waals surface area contributed by atoms with Crippen LogP contribution in [0.2, 0.25) is 0 Å². The van der Waals surface area contributed by atoms with E-state index in [1.54, 1.807) is 30.5 Å². The smallest absolute Gasteiger partial charge is 0.251 e. The highest BCUT2D eigenvalue weighted by molar-refractivity contribution is 5.94. The third-order valence-electron chi connectivity index (χ3n) is 3.72. The van der Waals surface area contributed by atoms with Gasteiger partial charge in [-0.15, -0.1) is 0 Å². The first-order valence-corrected chi connectivity index (χ1v) is 8.14. The van der Waals surface area contributed by atoms with Gasteiger partial charge in [0, 0.05) is 30.3 Å². The summed E-state index contributed by atoms with van der Waals surface area (Å²) < 4.78 is 10.8. The Hall–Kier alpha value is -2.34. The van der Waals surface area contributed by atoms with Gasteiger partial charge in [0.25, 0.3) is 5.91 Å². The molecule has 2 heterocycles. The molecule has 2 aromatic rings. The number of rotatable bonds is 8. The number of hydrogen-bond acceptors (Lipinski definition) is 5. The van der Waals surface area contributed by atoms with Gasteiger partial charge >= 0.3 is 0 Å². The Morgan fingerprint density at radius 3 is 2.88 bits per heavy atom. The van der Waals surface area contributed by atoms with E-state index in [0.717, 1.165) is 6.42 Å². The number of carbonyl (C=O) groups is 1. The summed E-state index contributed by atoms with van der Waals surface area (Å²) >= 11 is 0. The number of nitrogens with zero attached hydrogens (tertiary/aromatic N) is 1. The van der Waals surface area contributed by atoms with Crippen molar-refractivity contribution >= 4 is 5.91 Å². The topological polar surface area (TPSA) is 84.6 Å². The van der Waals surface area contributed by atoms with Crippen molar-refractivity contribution in [3.63, 3.8) is 0 Å². The Bertz CT molecular complexity index is 642. The van der Waals surface area contributed by atoms with Gasteiger partial charge in [0.05, 0.1) is 12.4 Å². The van der Waals surface area contributed by atoms with Gasteiger partial charge in [-0.25, -0.2) is 4.98 Å². The van der Waals surface area contributed by atoms with Crippen LogP contribution in [0.4, 0.5) is 0 Å². The average Bonchev–Trinajstić information content (AvgIpc) is 3.09. The molecule has 0 spiro atoms. The summed E-state index contributed by atoms with van der Waals surface area (Å²) in [5.41, 5.74) is 0.475. The van der Waals surface area contributed by atoms with Crippen molar-refractivity contribution in [3.05, 3.63) is 48.0 Å². The van der Waals surface area contributed by atoms with Crippen molar-refractivity contribution < 1.29 is 19.1 Å². The molecular weight excluding hydrogens is 308 g/mol. The second-order valence-corrected chi connectivity index (χ2v) is 5.86. The van der Waals surface area contributed by atoms with E-state index in [-0.39, 0.29) is 18.1 Å². The molecule has 0 aliphatic carbocycles. The fourth-order valence-corrected chi connectivity index (χ4v) is 2.20. The van der Waals surface area contributed by atoms with Crippen LogP contribution in [0, 0.1) is 0 Å². The van der Waals surface area contributed by atoms with Gasteiger partial charge in [0.1, 0.15) is 11.9 Å². The maximum Gasteiger partial charge on any atom is 0.251 e. The molecule has 0 bridgehead atoms. The SMILES string of the molecule is CCC(C)Oc1cc(C(=O)NC(C)CC(O)c2ccco2)ccn1. The highest BCUT2D eigenvalue weighted by atomic mass is 16.5. The highest BCUT2D eigenvalue weighted by Crippen LogP contribution is 2.19. The molecule has 0 fully saturated rings. The quantitative estimate of drug-likeness (QED) is 0.776. The maximum atomic E-state index is 12.3. The Kier molecular flexibility index (Phi) is 6.37. The molecule has 0 aliphatic heterocycles. The molecule has 0 radical (unpaired) electrons. The normalized spacial score (nSPS) is 14.7. The zero-order valence-electron chi connectivity index (χ0n) is 14.2. The number of aliphatic hydroxyl groups is 1. The number of aromatic nitrogens is 1. The van der Waals surface area contributed by atoms with Crippen LogP contribution in [0.25, 0.3) is 0 Å². The molecule has 130 valence electrons. The average molecular weight is 332 g/mol. The molecule has 24 heavy (non-hydrogen) atoms. The van der Waals surface area contributed by atoms with Crippen LogP contribution >= 0.6 is 0 Å². The highest BCUT2D eigenvalue weighted by Gasteiger charge is 2.17. The standard InChI is InChI=1S/C18H24N2O4/c1-4-13(3)24-17-11-14(7-8-19-17)18(22)20-12(2)10-15(21)16-6-5-9-23-16/h5-9,11-13,15,21H,4,10H2,1-3H3,(H,20,22). The first kappa shape index (κ1) is 18.0. The van der Waals surface area contributed by atoms with E-state index in [2.05, 4.69) is 10.3 Å². The van der Waals surface area contributed by atoms with Gasteiger partial charge < -0.3 is 19.6 Å².